The molecule has 0 bridgehead atoms. The summed E-state index contributed by atoms with van der Waals surface area (Å²) in [5.74, 6) is 1.12. The minimum atomic E-state index is 0.640. The van der Waals surface area contributed by atoms with Gasteiger partial charge in [-0.3, -0.25) is 0 Å². The maximum absolute atomic E-state index is 4.30. The molecule has 1 rings (SSSR count). The van der Waals surface area contributed by atoms with Crippen LogP contribution in [0.15, 0.2) is 12.4 Å². The maximum atomic E-state index is 4.30. The lowest BCUT2D eigenvalue weighted by molar-refractivity contribution is 0.443. The van der Waals surface area contributed by atoms with Gasteiger partial charge in [0, 0.05) is 25.5 Å². The lowest BCUT2D eigenvalue weighted by Gasteiger charge is -2.16. The van der Waals surface area contributed by atoms with Crippen molar-refractivity contribution < 1.29 is 0 Å². The Morgan fingerprint density at radius 2 is 2.27 bits per heavy atom. The Morgan fingerprint density at radius 3 is 2.80 bits per heavy atom. The molecule has 1 unspecified atom stereocenters. The average molecular weight is 209 g/mol. The second kappa shape index (κ2) is 6.62. The molecule has 0 fully saturated rings. The van der Waals surface area contributed by atoms with Crippen molar-refractivity contribution in [1.29, 1.82) is 0 Å². The molecule has 0 saturated carbocycles. The van der Waals surface area contributed by atoms with Crippen molar-refractivity contribution >= 4 is 0 Å². The van der Waals surface area contributed by atoms with E-state index < -0.39 is 0 Å². The molecule has 0 amide bonds. The third-order valence-corrected chi connectivity index (χ3v) is 2.87. The van der Waals surface area contributed by atoms with E-state index in [2.05, 4.69) is 28.7 Å². The molecular formula is C12H23N3. The van der Waals surface area contributed by atoms with E-state index in [9.17, 15) is 0 Å². The van der Waals surface area contributed by atoms with Gasteiger partial charge >= 0.3 is 0 Å². The van der Waals surface area contributed by atoms with Crippen LogP contribution in [-0.2, 0) is 13.6 Å². The van der Waals surface area contributed by atoms with Gasteiger partial charge in [-0.15, -0.1) is 0 Å². The summed E-state index contributed by atoms with van der Waals surface area (Å²) in [6, 6.07) is 0.640. The Kier molecular flexibility index (Phi) is 5.40. The van der Waals surface area contributed by atoms with Crippen LogP contribution in [-0.4, -0.2) is 15.6 Å². The zero-order valence-electron chi connectivity index (χ0n) is 10.2. The predicted molar refractivity (Wildman–Crippen MR) is 63.7 cm³/mol. The Morgan fingerprint density at radius 1 is 1.47 bits per heavy atom. The Balaban J connectivity index is 2.31. The molecule has 1 aromatic rings. The number of rotatable bonds is 7. The molecule has 0 spiro atoms. The summed E-state index contributed by atoms with van der Waals surface area (Å²) in [5.41, 5.74) is 0. The van der Waals surface area contributed by atoms with Crippen molar-refractivity contribution in [2.24, 2.45) is 7.05 Å². The minimum absolute atomic E-state index is 0.640. The highest BCUT2D eigenvalue weighted by molar-refractivity contribution is 4.90. The van der Waals surface area contributed by atoms with E-state index in [4.69, 9.17) is 0 Å². The van der Waals surface area contributed by atoms with Crippen LogP contribution in [0.3, 0.4) is 0 Å². The topological polar surface area (TPSA) is 29.9 Å². The van der Waals surface area contributed by atoms with Crippen LogP contribution in [0.2, 0.25) is 0 Å². The van der Waals surface area contributed by atoms with Gasteiger partial charge in [0.2, 0.25) is 0 Å². The monoisotopic (exact) mass is 209 g/mol. The van der Waals surface area contributed by atoms with Crippen LogP contribution in [0, 0.1) is 0 Å². The van der Waals surface area contributed by atoms with E-state index in [0.717, 1.165) is 12.4 Å². The first-order valence-corrected chi connectivity index (χ1v) is 5.97. The van der Waals surface area contributed by atoms with E-state index in [1.165, 1.54) is 25.7 Å². The van der Waals surface area contributed by atoms with Gasteiger partial charge in [0.05, 0.1) is 6.54 Å². The van der Waals surface area contributed by atoms with Gasteiger partial charge in [-0.1, -0.05) is 26.7 Å². The van der Waals surface area contributed by atoms with Gasteiger partial charge < -0.3 is 9.88 Å². The molecule has 0 radical (unpaired) electrons. The minimum Gasteiger partial charge on any atom is -0.337 e. The van der Waals surface area contributed by atoms with Crippen molar-refractivity contribution in [3.63, 3.8) is 0 Å². The maximum Gasteiger partial charge on any atom is 0.122 e. The number of nitrogens with one attached hydrogen (secondary N) is 1. The van der Waals surface area contributed by atoms with E-state index in [1.807, 2.05) is 19.4 Å². The summed E-state index contributed by atoms with van der Waals surface area (Å²) in [6.07, 6.45) is 8.91. The van der Waals surface area contributed by atoms with Crippen molar-refractivity contribution in [3.8, 4) is 0 Å². The van der Waals surface area contributed by atoms with Crippen molar-refractivity contribution in [2.75, 3.05) is 0 Å². The summed E-state index contributed by atoms with van der Waals surface area (Å²) in [4.78, 5) is 4.30. The van der Waals surface area contributed by atoms with Gasteiger partial charge in [-0.2, -0.15) is 0 Å². The second-order valence-electron chi connectivity index (χ2n) is 4.08. The average Bonchev–Trinajstić information content (AvgIpc) is 2.65. The highest BCUT2D eigenvalue weighted by atomic mass is 15.1. The number of imidazole rings is 1. The number of unbranched alkanes of at least 4 members (excludes halogenated alkanes) is 1. The number of hydrogen-bond donors (Lipinski definition) is 1. The zero-order valence-corrected chi connectivity index (χ0v) is 10.2. The summed E-state index contributed by atoms with van der Waals surface area (Å²) in [7, 11) is 2.04. The van der Waals surface area contributed by atoms with Crippen molar-refractivity contribution in [1.82, 2.24) is 14.9 Å². The molecule has 1 heterocycles. The molecule has 86 valence electrons. The summed E-state index contributed by atoms with van der Waals surface area (Å²) < 4.78 is 2.07. The summed E-state index contributed by atoms with van der Waals surface area (Å²) in [6.45, 7) is 5.36. The van der Waals surface area contributed by atoms with Crippen LogP contribution in [0.25, 0.3) is 0 Å². The van der Waals surface area contributed by atoms with Crippen LogP contribution in [0.4, 0.5) is 0 Å². The molecule has 3 nitrogen and oxygen atoms in total. The first kappa shape index (κ1) is 12.2. The van der Waals surface area contributed by atoms with Crippen LogP contribution in [0.1, 0.15) is 45.4 Å². The summed E-state index contributed by atoms with van der Waals surface area (Å²) >= 11 is 0. The zero-order chi connectivity index (χ0) is 11.1. The molecule has 0 aliphatic heterocycles. The Labute approximate surface area is 92.9 Å². The molecule has 3 heteroatoms. The van der Waals surface area contributed by atoms with Crippen LogP contribution < -0.4 is 5.32 Å². The van der Waals surface area contributed by atoms with Gasteiger partial charge in [0.25, 0.3) is 0 Å². The quantitative estimate of drug-likeness (QED) is 0.747. The molecular weight excluding hydrogens is 186 g/mol. The predicted octanol–water partition coefficient (Wildman–Crippen LogP) is 2.48. The summed E-state index contributed by atoms with van der Waals surface area (Å²) in [5, 5.41) is 3.56. The molecule has 1 aromatic heterocycles. The van der Waals surface area contributed by atoms with E-state index in [0.29, 0.717) is 6.04 Å². The third-order valence-electron chi connectivity index (χ3n) is 2.87. The highest BCUT2D eigenvalue weighted by Crippen LogP contribution is 2.05. The van der Waals surface area contributed by atoms with Crippen LogP contribution >= 0.6 is 0 Å². The second-order valence-corrected chi connectivity index (χ2v) is 4.08. The van der Waals surface area contributed by atoms with E-state index in [1.54, 1.807) is 0 Å². The fourth-order valence-corrected chi connectivity index (χ4v) is 1.70. The van der Waals surface area contributed by atoms with Crippen molar-refractivity contribution in [3.05, 3.63) is 18.2 Å². The van der Waals surface area contributed by atoms with Crippen molar-refractivity contribution in [2.45, 2.75) is 52.1 Å². The SMILES string of the molecule is CCCCC(CC)NCc1nccn1C. The number of aryl methyl sites for hydroxylation is 1. The normalized spacial score (nSPS) is 13.0. The number of nitrogens with zero attached hydrogens (tertiary/aromatic N) is 2. The fraction of sp³-hybridized carbons (Fsp3) is 0.750. The lowest BCUT2D eigenvalue weighted by atomic mass is 10.1. The molecule has 0 aliphatic carbocycles. The molecule has 0 aliphatic rings. The largest absolute Gasteiger partial charge is 0.337 e. The molecule has 1 atom stereocenters. The molecule has 0 aromatic carbocycles. The molecule has 1 N–H and O–H groups in total. The Bertz CT molecular complexity index is 268. The van der Waals surface area contributed by atoms with Gasteiger partial charge in [0.1, 0.15) is 5.82 Å². The smallest absolute Gasteiger partial charge is 0.122 e. The van der Waals surface area contributed by atoms with Gasteiger partial charge in [-0.25, -0.2) is 4.98 Å². The fourth-order valence-electron chi connectivity index (χ4n) is 1.70. The first-order valence-electron chi connectivity index (χ1n) is 5.97. The van der Waals surface area contributed by atoms with Crippen LogP contribution in [0.5, 0.6) is 0 Å². The third kappa shape index (κ3) is 4.04. The lowest BCUT2D eigenvalue weighted by Crippen LogP contribution is -2.28. The standard InChI is InChI=1S/C12H23N3/c1-4-6-7-11(5-2)14-10-12-13-8-9-15(12)3/h8-9,11,14H,4-7,10H2,1-3H3. The number of hydrogen-bond acceptors (Lipinski definition) is 2. The Hall–Kier alpha value is -0.830. The van der Waals surface area contributed by atoms with Gasteiger partial charge in [-0.05, 0) is 12.8 Å². The molecule has 15 heavy (non-hydrogen) atoms. The number of aromatic nitrogens is 2. The van der Waals surface area contributed by atoms with Gasteiger partial charge in [0.15, 0.2) is 0 Å². The van der Waals surface area contributed by atoms with E-state index >= 15 is 0 Å². The molecule has 0 saturated heterocycles. The highest BCUT2D eigenvalue weighted by Gasteiger charge is 2.06. The first-order chi connectivity index (χ1) is 7.27. The van der Waals surface area contributed by atoms with E-state index in [-0.39, 0.29) is 0 Å².